The molecular weight excluding hydrogens is 328 g/mol. The van der Waals surface area contributed by atoms with Crippen LogP contribution in [0.15, 0.2) is 48.7 Å². The van der Waals surface area contributed by atoms with Crippen molar-refractivity contribution >= 4 is 5.78 Å². The lowest BCUT2D eigenvalue weighted by atomic mass is 9.93. The van der Waals surface area contributed by atoms with Gasteiger partial charge < -0.3 is 10.2 Å². The van der Waals surface area contributed by atoms with Gasteiger partial charge in [-0.25, -0.2) is 0 Å². The van der Waals surface area contributed by atoms with Crippen LogP contribution in [0.3, 0.4) is 0 Å². The highest BCUT2D eigenvalue weighted by Crippen LogP contribution is 2.45. The van der Waals surface area contributed by atoms with Crippen molar-refractivity contribution in [3.8, 4) is 5.75 Å². The molecule has 26 heavy (non-hydrogen) atoms. The third-order valence-corrected chi connectivity index (χ3v) is 5.73. The zero-order valence-corrected chi connectivity index (χ0v) is 14.7. The monoisotopic (exact) mass is 352 g/mol. The molecule has 136 valence electrons. The summed E-state index contributed by atoms with van der Waals surface area (Å²) in [5.41, 5.74) is 0.900. The summed E-state index contributed by atoms with van der Waals surface area (Å²) >= 11 is 0. The molecule has 1 saturated carbocycles. The SMILES string of the molecule is O=C(CN1C[C@@H]2C[C@@](O)(Cc3ccccn3)C[C@@H]2C1)c1ccc(O)cc1. The third-order valence-electron chi connectivity index (χ3n) is 5.73. The average Bonchev–Trinajstić information content (AvgIpc) is 3.10. The number of pyridine rings is 1. The van der Waals surface area contributed by atoms with Crippen LogP contribution in [0.5, 0.6) is 5.75 Å². The number of phenolic OH excluding ortho intramolecular Hbond substituents is 1. The second kappa shape index (κ2) is 6.82. The molecule has 0 bridgehead atoms. The topological polar surface area (TPSA) is 73.7 Å². The van der Waals surface area contributed by atoms with Gasteiger partial charge in [-0.3, -0.25) is 14.7 Å². The van der Waals surface area contributed by atoms with Crippen molar-refractivity contribution in [1.82, 2.24) is 9.88 Å². The number of carbonyl (C=O) groups excluding carboxylic acids is 1. The van der Waals surface area contributed by atoms with E-state index < -0.39 is 5.60 Å². The smallest absolute Gasteiger partial charge is 0.176 e. The summed E-state index contributed by atoms with van der Waals surface area (Å²) in [4.78, 5) is 19.0. The van der Waals surface area contributed by atoms with Gasteiger partial charge in [0.25, 0.3) is 0 Å². The first-order valence-electron chi connectivity index (χ1n) is 9.18. The van der Waals surface area contributed by atoms with Crippen LogP contribution in [0.1, 0.15) is 28.9 Å². The van der Waals surface area contributed by atoms with Crippen molar-refractivity contribution in [2.24, 2.45) is 11.8 Å². The summed E-state index contributed by atoms with van der Waals surface area (Å²) in [6.45, 7) is 2.12. The standard InChI is InChI=1S/C21H24N2O3/c24-19-6-4-15(5-7-19)20(25)14-23-12-16-9-21(26,10-17(16)13-23)11-18-3-1-2-8-22-18/h1-8,16-17,24,26H,9-14H2/t16-,17+,21-. The maximum absolute atomic E-state index is 12.4. The Morgan fingerprint density at radius 2 is 1.81 bits per heavy atom. The first-order chi connectivity index (χ1) is 12.5. The molecular formula is C21H24N2O3. The van der Waals surface area contributed by atoms with Gasteiger partial charge in [-0.2, -0.15) is 0 Å². The maximum atomic E-state index is 12.4. The number of phenols is 1. The Hall–Kier alpha value is -2.24. The number of aliphatic hydroxyl groups is 1. The second-order valence-electron chi connectivity index (χ2n) is 7.81. The van der Waals surface area contributed by atoms with Gasteiger partial charge in [0.15, 0.2) is 5.78 Å². The zero-order valence-electron chi connectivity index (χ0n) is 14.7. The molecule has 1 aromatic carbocycles. The summed E-state index contributed by atoms with van der Waals surface area (Å²) < 4.78 is 0. The van der Waals surface area contributed by atoms with Crippen molar-refractivity contribution in [3.05, 3.63) is 59.9 Å². The number of hydrogen-bond donors (Lipinski definition) is 2. The van der Waals surface area contributed by atoms with Gasteiger partial charge in [0.2, 0.25) is 0 Å². The van der Waals surface area contributed by atoms with E-state index in [-0.39, 0.29) is 11.5 Å². The van der Waals surface area contributed by atoms with Crippen molar-refractivity contribution in [3.63, 3.8) is 0 Å². The van der Waals surface area contributed by atoms with Crippen LogP contribution in [-0.4, -0.2) is 51.1 Å². The number of benzene rings is 1. The summed E-state index contributed by atoms with van der Waals surface area (Å²) in [5.74, 6) is 1.13. The molecule has 1 aromatic heterocycles. The Balaban J connectivity index is 1.33. The van der Waals surface area contributed by atoms with Gasteiger partial charge in [0, 0.05) is 37.0 Å². The first-order valence-corrected chi connectivity index (χ1v) is 9.18. The largest absolute Gasteiger partial charge is 0.508 e. The van der Waals surface area contributed by atoms with E-state index in [0.717, 1.165) is 31.6 Å². The lowest BCUT2D eigenvalue weighted by Gasteiger charge is -2.25. The summed E-state index contributed by atoms with van der Waals surface area (Å²) in [6.07, 6.45) is 3.93. The summed E-state index contributed by atoms with van der Waals surface area (Å²) in [6, 6.07) is 12.2. The van der Waals surface area contributed by atoms with Gasteiger partial charge in [-0.1, -0.05) is 6.07 Å². The van der Waals surface area contributed by atoms with Crippen LogP contribution in [-0.2, 0) is 6.42 Å². The number of ketones is 1. The van der Waals surface area contributed by atoms with Gasteiger partial charge >= 0.3 is 0 Å². The maximum Gasteiger partial charge on any atom is 0.176 e. The highest BCUT2D eigenvalue weighted by atomic mass is 16.3. The van der Waals surface area contributed by atoms with E-state index in [1.54, 1.807) is 30.5 Å². The minimum absolute atomic E-state index is 0.0775. The van der Waals surface area contributed by atoms with E-state index in [1.807, 2.05) is 18.2 Å². The molecule has 1 aliphatic heterocycles. The van der Waals surface area contributed by atoms with E-state index in [9.17, 15) is 15.0 Å². The molecule has 2 aromatic rings. The zero-order chi connectivity index (χ0) is 18.1. The lowest BCUT2D eigenvalue weighted by molar-refractivity contribution is 0.0347. The molecule has 5 nitrogen and oxygen atoms in total. The molecule has 2 N–H and O–H groups in total. The molecule has 0 amide bonds. The van der Waals surface area contributed by atoms with E-state index in [4.69, 9.17) is 0 Å². The normalized spacial score (nSPS) is 28.2. The molecule has 2 fully saturated rings. The van der Waals surface area contributed by atoms with Crippen molar-refractivity contribution in [2.75, 3.05) is 19.6 Å². The van der Waals surface area contributed by atoms with Crippen LogP contribution in [0, 0.1) is 11.8 Å². The van der Waals surface area contributed by atoms with Gasteiger partial charge in [-0.15, -0.1) is 0 Å². The number of rotatable bonds is 5. The summed E-state index contributed by atoms with van der Waals surface area (Å²) in [5, 5.41) is 20.3. The minimum atomic E-state index is -0.670. The highest BCUT2D eigenvalue weighted by Gasteiger charge is 2.48. The number of aromatic hydroxyl groups is 1. The number of nitrogens with zero attached hydrogens (tertiary/aromatic N) is 2. The highest BCUT2D eigenvalue weighted by molar-refractivity contribution is 5.97. The quantitative estimate of drug-likeness (QED) is 0.808. The van der Waals surface area contributed by atoms with Gasteiger partial charge in [0.1, 0.15) is 5.75 Å². The van der Waals surface area contributed by atoms with Crippen LogP contribution in [0.4, 0.5) is 0 Å². The number of carbonyl (C=O) groups is 1. The van der Waals surface area contributed by atoms with Crippen molar-refractivity contribution in [2.45, 2.75) is 24.9 Å². The van der Waals surface area contributed by atoms with Crippen molar-refractivity contribution < 1.29 is 15.0 Å². The average molecular weight is 352 g/mol. The van der Waals surface area contributed by atoms with Gasteiger partial charge in [-0.05, 0) is 61.1 Å². The number of hydrogen-bond acceptors (Lipinski definition) is 5. The Morgan fingerprint density at radius 3 is 2.42 bits per heavy atom. The fourth-order valence-electron chi connectivity index (χ4n) is 4.61. The Labute approximate surface area is 153 Å². The van der Waals surface area contributed by atoms with E-state index in [0.29, 0.717) is 30.4 Å². The van der Waals surface area contributed by atoms with Crippen LogP contribution in [0.25, 0.3) is 0 Å². The van der Waals surface area contributed by atoms with E-state index >= 15 is 0 Å². The van der Waals surface area contributed by atoms with Crippen LogP contribution >= 0.6 is 0 Å². The Bertz CT molecular complexity index is 762. The predicted octanol–water partition coefficient (Wildman–Crippen LogP) is 2.29. The molecule has 1 saturated heterocycles. The number of likely N-dealkylation sites (tertiary alicyclic amines) is 1. The first kappa shape index (κ1) is 17.2. The molecule has 2 aliphatic rings. The predicted molar refractivity (Wildman–Crippen MR) is 98.0 cm³/mol. The lowest BCUT2D eigenvalue weighted by Crippen LogP contribution is -2.34. The molecule has 2 heterocycles. The van der Waals surface area contributed by atoms with Gasteiger partial charge in [0.05, 0.1) is 12.1 Å². The number of aromatic nitrogens is 1. The van der Waals surface area contributed by atoms with Crippen LogP contribution in [0.2, 0.25) is 0 Å². The Morgan fingerprint density at radius 1 is 1.12 bits per heavy atom. The molecule has 0 spiro atoms. The Kier molecular flexibility index (Phi) is 4.51. The summed E-state index contributed by atoms with van der Waals surface area (Å²) in [7, 11) is 0. The van der Waals surface area contributed by atoms with Crippen LogP contribution < -0.4 is 0 Å². The fourth-order valence-corrected chi connectivity index (χ4v) is 4.61. The molecule has 5 heteroatoms. The van der Waals surface area contributed by atoms with Crippen molar-refractivity contribution in [1.29, 1.82) is 0 Å². The molecule has 3 atom stereocenters. The molecule has 0 unspecified atom stereocenters. The fraction of sp³-hybridized carbons (Fsp3) is 0.429. The minimum Gasteiger partial charge on any atom is -0.508 e. The molecule has 1 aliphatic carbocycles. The third kappa shape index (κ3) is 3.64. The molecule has 0 radical (unpaired) electrons. The number of fused-ring (bicyclic) bond motifs is 1. The second-order valence-corrected chi connectivity index (χ2v) is 7.81. The van der Waals surface area contributed by atoms with E-state index in [2.05, 4.69) is 9.88 Å². The van der Waals surface area contributed by atoms with E-state index in [1.165, 1.54) is 0 Å². The molecule has 4 rings (SSSR count). The number of Topliss-reactive ketones (excluding diaryl/α,β-unsaturated/α-hetero) is 1.